The highest BCUT2D eigenvalue weighted by atomic mass is 16.5. The minimum atomic E-state index is -0.164. The van der Waals surface area contributed by atoms with Crippen molar-refractivity contribution in [2.75, 3.05) is 19.8 Å². The Hall–Kier alpha value is -3.01. The second kappa shape index (κ2) is 8.20. The van der Waals surface area contributed by atoms with E-state index in [-0.39, 0.29) is 12.5 Å². The Morgan fingerprint density at radius 3 is 2.64 bits per heavy atom. The van der Waals surface area contributed by atoms with Crippen LogP contribution in [-0.4, -0.2) is 25.7 Å². The Morgan fingerprint density at radius 2 is 1.76 bits per heavy atom. The molecule has 0 aliphatic heterocycles. The Bertz CT molecular complexity index is 855. The molecular weight excluding hydrogens is 314 g/mol. The molecule has 0 bridgehead atoms. The molecule has 0 saturated carbocycles. The number of fused-ring (bicyclic) bond motifs is 1. The molecule has 0 heterocycles. The zero-order chi connectivity index (χ0) is 17.5. The molecule has 1 amide bonds. The van der Waals surface area contributed by atoms with Gasteiger partial charge in [-0.15, -0.1) is 0 Å². The fourth-order valence-electron chi connectivity index (χ4n) is 2.58. The quantitative estimate of drug-likeness (QED) is 0.669. The molecule has 0 aromatic heterocycles. The second-order valence-electron chi connectivity index (χ2n) is 5.78. The first-order chi connectivity index (χ1) is 12.2. The van der Waals surface area contributed by atoms with Crippen LogP contribution >= 0.6 is 0 Å². The Kier molecular flexibility index (Phi) is 5.52. The number of aryl methyl sites for hydroxylation is 1. The van der Waals surface area contributed by atoms with Crippen LogP contribution in [-0.2, 0) is 4.79 Å². The van der Waals surface area contributed by atoms with Gasteiger partial charge in [-0.2, -0.15) is 0 Å². The molecule has 3 aromatic rings. The van der Waals surface area contributed by atoms with Gasteiger partial charge in [0.05, 0.1) is 6.54 Å². The molecule has 3 aromatic carbocycles. The van der Waals surface area contributed by atoms with E-state index in [4.69, 9.17) is 9.47 Å². The van der Waals surface area contributed by atoms with Crippen LogP contribution in [0.3, 0.4) is 0 Å². The third kappa shape index (κ3) is 4.73. The molecule has 4 nitrogen and oxygen atoms in total. The van der Waals surface area contributed by atoms with E-state index in [0.717, 1.165) is 22.1 Å². The fourth-order valence-corrected chi connectivity index (χ4v) is 2.58. The summed E-state index contributed by atoms with van der Waals surface area (Å²) in [6.07, 6.45) is 0. The number of hydrogen-bond acceptors (Lipinski definition) is 3. The van der Waals surface area contributed by atoms with Crippen LogP contribution < -0.4 is 14.8 Å². The van der Waals surface area contributed by atoms with Crippen molar-refractivity contribution < 1.29 is 14.3 Å². The zero-order valence-corrected chi connectivity index (χ0v) is 14.2. The van der Waals surface area contributed by atoms with E-state index in [1.165, 1.54) is 0 Å². The number of benzene rings is 3. The third-order valence-electron chi connectivity index (χ3n) is 3.79. The van der Waals surface area contributed by atoms with E-state index in [2.05, 4.69) is 5.32 Å². The summed E-state index contributed by atoms with van der Waals surface area (Å²) >= 11 is 0. The van der Waals surface area contributed by atoms with Gasteiger partial charge in [-0.25, -0.2) is 0 Å². The topological polar surface area (TPSA) is 47.6 Å². The summed E-state index contributed by atoms with van der Waals surface area (Å²) in [6.45, 7) is 2.82. The van der Waals surface area contributed by atoms with Crippen molar-refractivity contribution in [3.8, 4) is 11.5 Å². The summed E-state index contributed by atoms with van der Waals surface area (Å²) in [5.74, 6) is 1.36. The van der Waals surface area contributed by atoms with Crippen molar-refractivity contribution in [2.24, 2.45) is 0 Å². The molecule has 0 atom stereocenters. The average Bonchev–Trinajstić information content (AvgIpc) is 2.64. The summed E-state index contributed by atoms with van der Waals surface area (Å²) in [5.41, 5.74) is 1.10. The predicted octanol–water partition coefficient (Wildman–Crippen LogP) is 3.72. The van der Waals surface area contributed by atoms with Crippen LogP contribution in [0.2, 0.25) is 0 Å². The first-order valence-corrected chi connectivity index (χ1v) is 8.29. The number of carbonyl (C=O) groups is 1. The smallest absolute Gasteiger partial charge is 0.258 e. The molecule has 0 saturated heterocycles. The Labute approximate surface area is 147 Å². The van der Waals surface area contributed by atoms with Gasteiger partial charge in [0.15, 0.2) is 6.61 Å². The van der Waals surface area contributed by atoms with Gasteiger partial charge in [0, 0.05) is 5.39 Å². The van der Waals surface area contributed by atoms with E-state index in [9.17, 15) is 4.79 Å². The van der Waals surface area contributed by atoms with Crippen molar-refractivity contribution >= 4 is 16.7 Å². The van der Waals surface area contributed by atoms with Gasteiger partial charge in [-0.1, -0.05) is 48.5 Å². The molecule has 25 heavy (non-hydrogen) atoms. The predicted molar refractivity (Wildman–Crippen MR) is 99.1 cm³/mol. The molecule has 0 unspecified atom stereocenters. The lowest BCUT2D eigenvalue weighted by Crippen LogP contribution is -2.32. The van der Waals surface area contributed by atoms with Gasteiger partial charge in [0.2, 0.25) is 0 Å². The summed E-state index contributed by atoms with van der Waals surface area (Å²) in [4.78, 5) is 11.8. The van der Waals surface area contributed by atoms with Gasteiger partial charge >= 0.3 is 0 Å². The number of carbonyl (C=O) groups excluding carboxylic acids is 1. The molecule has 0 fully saturated rings. The van der Waals surface area contributed by atoms with E-state index < -0.39 is 0 Å². The van der Waals surface area contributed by atoms with Crippen LogP contribution in [0, 0.1) is 6.92 Å². The van der Waals surface area contributed by atoms with Crippen molar-refractivity contribution in [1.29, 1.82) is 0 Å². The maximum absolute atomic E-state index is 11.8. The first-order valence-electron chi connectivity index (χ1n) is 8.29. The van der Waals surface area contributed by atoms with Crippen LogP contribution in [0.1, 0.15) is 5.56 Å². The molecule has 3 rings (SSSR count). The number of nitrogens with one attached hydrogen (secondary N) is 1. The van der Waals surface area contributed by atoms with Crippen molar-refractivity contribution in [3.05, 3.63) is 72.3 Å². The minimum absolute atomic E-state index is 0.00226. The number of hydrogen-bond donors (Lipinski definition) is 1. The van der Waals surface area contributed by atoms with Gasteiger partial charge < -0.3 is 14.8 Å². The Balaban J connectivity index is 1.42. The van der Waals surface area contributed by atoms with Crippen molar-refractivity contribution in [1.82, 2.24) is 5.32 Å². The molecule has 128 valence electrons. The first kappa shape index (κ1) is 16.8. The van der Waals surface area contributed by atoms with Crippen molar-refractivity contribution in [2.45, 2.75) is 6.92 Å². The number of amides is 1. The lowest BCUT2D eigenvalue weighted by molar-refractivity contribution is -0.123. The van der Waals surface area contributed by atoms with Gasteiger partial charge in [0.1, 0.15) is 18.1 Å². The average molecular weight is 335 g/mol. The SMILES string of the molecule is Cc1cccc(OCC(=O)NCCOc2cccc3ccccc23)c1. The molecule has 0 aliphatic rings. The summed E-state index contributed by atoms with van der Waals surface area (Å²) in [7, 11) is 0. The monoisotopic (exact) mass is 335 g/mol. The van der Waals surface area contributed by atoms with Crippen LogP contribution in [0.4, 0.5) is 0 Å². The Morgan fingerprint density at radius 1 is 0.960 bits per heavy atom. The van der Waals surface area contributed by atoms with Gasteiger partial charge in [-0.05, 0) is 36.1 Å². The number of rotatable bonds is 7. The normalized spacial score (nSPS) is 10.4. The molecule has 4 heteroatoms. The van der Waals surface area contributed by atoms with Gasteiger partial charge in [0.25, 0.3) is 5.91 Å². The van der Waals surface area contributed by atoms with E-state index in [1.807, 2.05) is 73.7 Å². The van der Waals surface area contributed by atoms with Crippen molar-refractivity contribution in [3.63, 3.8) is 0 Å². The lowest BCUT2D eigenvalue weighted by Gasteiger charge is -2.11. The highest BCUT2D eigenvalue weighted by Crippen LogP contribution is 2.24. The van der Waals surface area contributed by atoms with Crippen LogP contribution in [0.15, 0.2) is 66.7 Å². The molecule has 0 radical (unpaired) electrons. The maximum atomic E-state index is 11.8. The second-order valence-corrected chi connectivity index (χ2v) is 5.78. The third-order valence-corrected chi connectivity index (χ3v) is 3.79. The van der Waals surface area contributed by atoms with Crippen LogP contribution in [0.25, 0.3) is 10.8 Å². The highest BCUT2D eigenvalue weighted by Gasteiger charge is 2.04. The number of ether oxygens (including phenoxy) is 2. The largest absolute Gasteiger partial charge is 0.491 e. The minimum Gasteiger partial charge on any atom is -0.491 e. The summed E-state index contributed by atoms with van der Waals surface area (Å²) < 4.78 is 11.3. The summed E-state index contributed by atoms with van der Waals surface area (Å²) in [6, 6.07) is 21.6. The lowest BCUT2D eigenvalue weighted by atomic mass is 10.1. The maximum Gasteiger partial charge on any atom is 0.258 e. The standard InChI is InChI=1S/C21H21NO3/c1-16-6-4-9-18(14-16)25-15-21(23)22-12-13-24-20-11-5-8-17-7-2-3-10-19(17)20/h2-11,14H,12-13,15H2,1H3,(H,22,23). The molecule has 1 N–H and O–H groups in total. The molecular formula is C21H21NO3. The summed E-state index contributed by atoms with van der Waals surface area (Å²) in [5, 5.41) is 5.00. The molecule has 0 spiro atoms. The zero-order valence-electron chi connectivity index (χ0n) is 14.2. The van der Waals surface area contributed by atoms with E-state index in [1.54, 1.807) is 0 Å². The fraction of sp³-hybridized carbons (Fsp3) is 0.190. The van der Waals surface area contributed by atoms with E-state index >= 15 is 0 Å². The molecule has 0 aliphatic carbocycles. The highest BCUT2D eigenvalue weighted by molar-refractivity contribution is 5.88. The van der Waals surface area contributed by atoms with E-state index in [0.29, 0.717) is 18.9 Å². The van der Waals surface area contributed by atoms with Crippen LogP contribution in [0.5, 0.6) is 11.5 Å². The van der Waals surface area contributed by atoms with Gasteiger partial charge in [-0.3, -0.25) is 4.79 Å².